The zero-order chi connectivity index (χ0) is 12.0. The monoisotopic (exact) mass is 291 g/mol. The van der Waals surface area contributed by atoms with Crippen LogP contribution in [0.25, 0.3) is 0 Å². The second-order valence-electron chi connectivity index (χ2n) is 4.48. The van der Waals surface area contributed by atoms with E-state index in [4.69, 9.17) is 5.73 Å². The normalized spacial score (nSPS) is 18.4. The molecule has 0 bridgehead atoms. The van der Waals surface area contributed by atoms with Crippen LogP contribution in [-0.2, 0) is 6.42 Å². The maximum absolute atomic E-state index is 6.09. The van der Waals surface area contributed by atoms with Crippen molar-refractivity contribution in [1.82, 2.24) is 9.78 Å². The van der Waals surface area contributed by atoms with Gasteiger partial charge >= 0.3 is 0 Å². The van der Waals surface area contributed by atoms with Gasteiger partial charge in [-0.05, 0) is 46.8 Å². The number of rotatable bonds is 1. The van der Waals surface area contributed by atoms with E-state index in [9.17, 15) is 0 Å². The first-order valence-corrected chi connectivity index (χ1v) is 6.55. The number of nitrogens with zero attached hydrogens (tertiary/aromatic N) is 2. The van der Waals surface area contributed by atoms with E-state index < -0.39 is 0 Å². The standard InChI is InChI=1S/C13H14BrN3/c1-8-12(14)13(15)17(16-8)11-7-6-9-4-2-3-5-10(9)11/h2-5,11H,6-7,15H2,1H3. The molecule has 0 saturated heterocycles. The predicted molar refractivity (Wildman–Crippen MR) is 72.0 cm³/mol. The van der Waals surface area contributed by atoms with Gasteiger partial charge in [0.1, 0.15) is 5.82 Å². The summed E-state index contributed by atoms with van der Waals surface area (Å²) >= 11 is 3.48. The molecule has 0 amide bonds. The number of halogens is 1. The highest BCUT2D eigenvalue weighted by atomic mass is 79.9. The van der Waals surface area contributed by atoms with Crippen molar-refractivity contribution in [2.24, 2.45) is 0 Å². The molecule has 1 aromatic carbocycles. The molecular weight excluding hydrogens is 278 g/mol. The van der Waals surface area contributed by atoms with Crippen LogP contribution >= 0.6 is 15.9 Å². The number of hydrogen-bond acceptors (Lipinski definition) is 2. The average molecular weight is 292 g/mol. The Kier molecular flexibility index (Phi) is 2.47. The summed E-state index contributed by atoms with van der Waals surface area (Å²) in [5, 5.41) is 4.54. The number of aryl methyl sites for hydroxylation is 2. The first-order valence-electron chi connectivity index (χ1n) is 5.76. The summed E-state index contributed by atoms with van der Waals surface area (Å²) in [4.78, 5) is 0. The first kappa shape index (κ1) is 10.8. The quantitative estimate of drug-likeness (QED) is 0.878. The van der Waals surface area contributed by atoms with Gasteiger partial charge in [0.05, 0.1) is 16.2 Å². The molecule has 0 saturated carbocycles. The fourth-order valence-corrected chi connectivity index (χ4v) is 2.83. The maximum Gasteiger partial charge on any atom is 0.137 e. The minimum absolute atomic E-state index is 0.288. The predicted octanol–water partition coefficient (Wildman–Crippen LogP) is 3.07. The highest BCUT2D eigenvalue weighted by Crippen LogP contribution is 2.37. The van der Waals surface area contributed by atoms with Crippen LogP contribution in [0.5, 0.6) is 0 Å². The zero-order valence-corrected chi connectivity index (χ0v) is 11.2. The number of nitrogen functional groups attached to an aromatic ring is 1. The number of fused-ring (bicyclic) bond motifs is 1. The van der Waals surface area contributed by atoms with Gasteiger partial charge in [-0.15, -0.1) is 0 Å². The van der Waals surface area contributed by atoms with Crippen LogP contribution in [0.1, 0.15) is 29.3 Å². The molecule has 1 heterocycles. The summed E-state index contributed by atoms with van der Waals surface area (Å²) in [5.41, 5.74) is 9.82. The molecular formula is C13H14BrN3. The van der Waals surface area contributed by atoms with Gasteiger partial charge in [0.2, 0.25) is 0 Å². The topological polar surface area (TPSA) is 43.8 Å². The van der Waals surface area contributed by atoms with Gasteiger partial charge in [-0.1, -0.05) is 24.3 Å². The Balaban J connectivity index is 2.10. The zero-order valence-electron chi connectivity index (χ0n) is 9.65. The molecule has 88 valence electrons. The van der Waals surface area contributed by atoms with Crippen molar-refractivity contribution in [3.05, 3.63) is 45.6 Å². The fraction of sp³-hybridized carbons (Fsp3) is 0.308. The molecule has 0 spiro atoms. The number of benzene rings is 1. The molecule has 3 rings (SSSR count). The minimum atomic E-state index is 0.288. The van der Waals surface area contributed by atoms with Gasteiger partial charge in [0, 0.05) is 0 Å². The molecule has 2 aromatic rings. The summed E-state index contributed by atoms with van der Waals surface area (Å²) in [6.45, 7) is 1.97. The van der Waals surface area contributed by atoms with E-state index in [1.54, 1.807) is 0 Å². The van der Waals surface area contributed by atoms with Crippen molar-refractivity contribution in [3.8, 4) is 0 Å². The summed E-state index contributed by atoms with van der Waals surface area (Å²) in [5.74, 6) is 0.726. The average Bonchev–Trinajstić information content (AvgIpc) is 2.86. The third-order valence-electron chi connectivity index (χ3n) is 3.44. The van der Waals surface area contributed by atoms with Crippen molar-refractivity contribution >= 4 is 21.7 Å². The Morgan fingerprint density at radius 1 is 1.41 bits per heavy atom. The molecule has 1 unspecified atom stereocenters. The molecule has 1 aliphatic rings. The van der Waals surface area contributed by atoms with Crippen LogP contribution in [-0.4, -0.2) is 9.78 Å². The molecule has 4 heteroatoms. The van der Waals surface area contributed by atoms with Crippen LogP contribution in [0.2, 0.25) is 0 Å². The molecule has 3 nitrogen and oxygen atoms in total. The maximum atomic E-state index is 6.09. The number of anilines is 1. The summed E-state index contributed by atoms with van der Waals surface area (Å²) < 4.78 is 2.87. The fourth-order valence-electron chi connectivity index (χ4n) is 2.57. The minimum Gasteiger partial charge on any atom is -0.383 e. The molecule has 1 aliphatic carbocycles. The first-order chi connectivity index (χ1) is 8.18. The van der Waals surface area contributed by atoms with Gasteiger partial charge in [0.25, 0.3) is 0 Å². The largest absolute Gasteiger partial charge is 0.383 e. The van der Waals surface area contributed by atoms with E-state index in [0.717, 1.165) is 28.8 Å². The van der Waals surface area contributed by atoms with Gasteiger partial charge in [0.15, 0.2) is 0 Å². The highest BCUT2D eigenvalue weighted by molar-refractivity contribution is 9.10. The molecule has 0 radical (unpaired) electrons. The lowest BCUT2D eigenvalue weighted by Gasteiger charge is -2.14. The van der Waals surface area contributed by atoms with Crippen molar-refractivity contribution < 1.29 is 0 Å². The Hall–Kier alpha value is -1.29. The molecule has 0 aliphatic heterocycles. The Morgan fingerprint density at radius 2 is 2.18 bits per heavy atom. The van der Waals surface area contributed by atoms with Crippen molar-refractivity contribution in [2.75, 3.05) is 5.73 Å². The Bertz CT molecular complexity index is 574. The third-order valence-corrected chi connectivity index (χ3v) is 4.42. The SMILES string of the molecule is Cc1nn(C2CCc3ccccc32)c(N)c1Br. The van der Waals surface area contributed by atoms with Crippen molar-refractivity contribution in [1.29, 1.82) is 0 Å². The summed E-state index contributed by atoms with van der Waals surface area (Å²) in [6.07, 6.45) is 2.19. The molecule has 1 atom stereocenters. The Labute approximate surface area is 109 Å². The third kappa shape index (κ3) is 1.59. The second-order valence-corrected chi connectivity index (χ2v) is 5.28. The van der Waals surface area contributed by atoms with Crippen LogP contribution < -0.4 is 5.73 Å². The number of hydrogen-bond donors (Lipinski definition) is 1. The van der Waals surface area contributed by atoms with E-state index in [2.05, 4.69) is 45.3 Å². The lowest BCUT2D eigenvalue weighted by atomic mass is 10.1. The van der Waals surface area contributed by atoms with E-state index in [1.807, 2.05) is 11.6 Å². The van der Waals surface area contributed by atoms with Crippen molar-refractivity contribution in [2.45, 2.75) is 25.8 Å². The van der Waals surface area contributed by atoms with Crippen LogP contribution in [0.3, 0.4) is 0 Å². The van der Waals surface area contributed by atoms with E-state index in [-0.39, 0.29) is 6.04 Å². The lowest BCUT2D eigenvalue weighted by molar-refractivity contribution is 0.524. The summed E-state index contributed by atoms with van der Waals surface area (Å²) in [6, 6.07) is 8.83. The van der Waals surface area contributed by atoms with Gasteiger partial charge in [-0.2, -0.15) is 5.10 Å². The van der Waals surface area contributed by atoms with Gasteiger partial charge in [-0.25, -0.2) is 4.68 Å². The summed E-state index contributed by atoms with van der Waals surface area (Å²) in [7, 11) is 0. The van der Waals surface area contributed by atoms with Gasteiger partial charge < -0.3 is 5.73 Å². The van der Waals surface area contributed by atoms with E-state index in [0.29, 0.717) is 0 Å². The van der Waals surface area contributed by atoms with Crippen LogP contribution in [0, 0.1) is 6.92 Å². The molecule has 2 N–H and O–H groups in total. The lowest BCUT2D eigenvalue weighted by Crippen LogP contribution is -2.12. The molecule has 17 heavy (non-hydrogen) atoms. The second kappa shape index (κ2) is 3.88. The van der Waals surface area contributed by atoms with Crippen LogP contribution in [0.4, 0.5) is 5.82 Å². The van der Waals surface area contributed by atoms with Crippen LogP contribution in [0.15, 0.2) is 28.7 Å². The van der Waals surface area contributed by atoms with E-state index in [1.165, 1.54) is 11.1 Å². The van der Waals surface area contributed by atoms with Crippen molar-refractivity contribution in [3.63, 3.8) is 0 Å². The van der Waals surface area contributed by atoms with E-state index >= 15 is 0 Å². The number of aromatic nitrogens is 2. The van der Waals surface area contributed by atoms with Gasteiger partial charge in [-0.3, -0.25) is 0 Å². The molecule has 0 fully saturated rings. The smallest absolute Gasteiger partial charge is 0.137 e. The highest BCUT2D eigenvalue weighted by Gasteiger charge is 2.26. The Morgan fingerprint density at radius 3 is 2.88 bits per heavy atom. The molecule has 1 aromatic heterocycles. The number of nitrogens with two attached hydrogens (primary N) is 1.